The first-order valence-corrected chi connectivity index (χ1v) is 17.3. The fourth-order valence-electron chi connectivity index (χ4n) is 7.66. The quantitative estimate of drug-likeness (QED) is 0.172. The number of aromatic nitrogens is 4. The largest absolute Gasteiger partial charge is 0.307 e. The molecule has 0 unspecified atom stereocenters. The molecule has 5 heteroatoms. The molecule has 0 fully saturated rings. The van der Waals surface area contributed by atoms with E-state index in [1.54, 1.807) is 0 Å². The minimum Gasteiger partial charge on any atom is -0.307 e. The maximum atomic E-state index is 8.41. The van der Waals surface area contributed by atoms with Crippen LogP contribution in [0, 0.1) is 6.57 Å². The van der Waals surface area contributed by atoms with Gasteiger partial charge in [0.15, 0.2) is 5.82 Å². The van der Waals surface area contributed by atoms with Gasteiger partial charge in [0.25, 0.3) is 0 Å². The molecule has 0 aliphatic heterocycles. The fraction of sp³-hybridized carbons (Fsp3) is 0. The zero-order valence-electron chi connectivity index (χ0n) is 28.0. The van der Waals surface area contributed by atoms with Crippen LogP contribution in [0.2, 0.25) is 0 Å². The van der Waals surface area contributed by atoms with Crippen molar-refractivity contribution in [2.75, 3.05) is 0 Å². The molecule has 5 nitrogen and oxygen atoms in total. The molecule has 0 atom stereocenters. The zero-order valence-corrected chi connectivity index (χ0v) is 28.0. The number of hydrogen-bond acceptors (Lipinski definition) is 2. The summed E-state index contributed by atoms with van der Waals surface area (Å²) in [5.41, 5.74) is 10.9. The van der Waals surface area contributed by atoms with Crippen molar-refractivity contribution in [1.29, 1.82) is 0 Å². The van der Waals surface area contributed by atoms with Gasteiger partial charge in [-0.3, -0.25) is 0 Å². The molecule has 7 aromatic carbocycles. The molecule has 10 aromatic rings. The third-order valence-corrected chi connectivity index (χ3v) is 9.94. The number of nitrogens with zero attached hydrogens (tertiary/aromatic N) is 5. The molecular weight excluding hydrogens is 635 g/mol. The van der Waals surface area contributed by atoms with Gasteiger partial charge in [0.05, 0.1) is 40.0 Å². The van der Waals surface area contributed by atoms with Gasteiger partial charge in [0.1, 0.15) is 0 Å². The SMILES string of the molecule is [C-]#[N+]c1c(-c2ccccc2)nc(-c2ccccc2)nc1-c1ccc2c3ccc4c5ccccc5n(-c5ccccc5)c4c3n(-c3ccccc3)c2c1. The van der Waals surface area contributed by atoms with Crippen molar-refractivity contribution in [2.45, 2.75) is 0 Å². The van der Waals surface area contributed by atoms with E-state index in [-0.39, 0.29) is 0 Å². The topological polar surface area (TPSA) is 40.0 Å². The van der Waals surface area contributed by atoms with Crippen molar-refractivity contribution in [3.05, 3.63) is 187 Å². The lowest BCUT2D eigenvalue weighted by Gasteiger charge is -2.14. The van der Waals surface area contributed by atoms with Crippen LogP contribution < -0.4 is 0 Å². The summed E-state index contributed by atoms with van der Waals surface area (Å²) >= 11 is 0. The number of hydrogen-bond donors (Lipinski definition) is 0. The Kier molecular flexibility index (Phi) is 6.80. The maximum Gasteiger partial charge on any atom is 0.238 e. The summed E-state index contributed by atoms with van der Waals surface area (Å²) < 4.78 is 4.77. The molecule has 0 aliphatic rings. The van der Waals surface area contributed by atoms with Crippen LogP contribution in [0.15, 0.2) is 176 Å². The lowest BCUT2D eigenvalue weighted by molar-refractivity contribution is 1.15. The standard InChI is InChI=1S/C47H29N5/c1-48-44-42(31-16-6-2-7-17-31)49-47(32-18-8-3-9-19-32)50-43(44)33-26-27-37-39-29-28-38-36-24-14-15-25-40(36)51(34-20-10-4-11-21-34)45(38)46(39)52(41(37)30-33)35-22-12-5-13-23-35/h2-30H. The van der Waals surface area contributed by atoms with E-state index in [4.69, 9.17) is 16.5 Å². The first-order valence-electron chi connectivity index (χ1n) is 17.3. The summed E-state index contributed by atoms with van der Waals surface area (Å²) in [4.78, 5) is 14.2. The number of rotatable bonds is 5. The van der Waals surface area contributed by atoms with E-state index in [0.29, 0.717) is 22.9 Å². The highest BCUT2D eigenvalue weighted by Gasteiger charge is 2.23. The third kappa shape index (κ3) is 4.56. The summed E-state index contributed by atoms with van der Waals surface area (Å²) in [6.45, 7) is 8.41. The molecule has 3 aromatic heterocycles. The highest BCUT2D eigenvalue weighted by molar-refractivity contribution is 6.24. The molecule has 52 heavy (non-hydrogen) atoms. The second-order valence-corrected chi connectivity index (χ2v) is 12.9. The minimum atomic E-state index is 0.430. The van der Waals surface area contributed by atoms with Gasteiger partial charge in [-0.2, -0.15) is 0 Å². The van der Waals surface area contributed by atoms with Crippen LogP contribution in [-0.2, 0) is 0 Å². The molecule has 10 rings (SSSR count). The Morgan fingerprint density at radius 2 is 0.865 bits per heavy atom. The number of para-hydroxylation sites is 3. The Morgan fingerprint density at radius 3 is 1.46 bits per heavy atom. The average Bonchev–Trinajstić information content (AvgIpc) is 3.74. The van der Waals surface area contributed by atoms with Gasteiger partial charge < -0.3 is 9.13 Å². The molecule has 0 spiro atoms. The van der Waals surface area contributed by atoms with E-state index in [1.807, 2.05) is 60.7 Å². The van der Waals surface area contributed by atoms with Gasteiger partial charge in [0, 0.05) is 38.5 Å². The summed E-state index contributed by atoms with van der Waals surface area (Å²) in [6, 6.07) is 60.8. The van der Waals surface area contributed by atoms with Crippen molar-refractivity contribution < 1.29 is 0 Å². The number of benzene rings is 7. The lowest BCUT2D eigenvalue weighted by Crippen LogP contribution is -1.99. The molecule has 0 radical (unpaired) electrons. The van der Waals surface area contributed by atoms with Crippen LogP contribution in [-0.4, -0.2) is 19.1 Å². The van der Waals surface area contributed by atoms with Crippen molar-refractivity contribution in [2.24, 2.45) is 0 Å². The van der Waals surface area contributed by atoms with Gasteiger partial charge in [-0.25, -0.2) is 14.8 Å². The molecule has 242 valence electrons. The third-order valence-electron chi connectivity index (χ3n) is 9.94. The molecule has 0 saturated carbocycles. The van der Waals surface area contributed by atoms with Gasteiger partial charge >= 0.3 is 0 Å². The van der Waals surface area contributed by atoms with Gasteiger partial charge in [-0.15, -0.1) is 0 Å². The van der Waals surface area contributed by atoms with E-state index < -0.39 is 0 Å². The molecule has 0 bridgehead atoms. The Bertz CT molecular complexity index is 2990. The normalized spacial score (nSPS) is 11.4. The zero-order chi connectivity index (χ0) is 34.6. The van der Waals surface area contributed by atoms with Gasteiger partial charge in [-0.1, -0.05) is 140 Å². The Hall–Kier alpha value is -7.29. The van der Waals surface area contributed by atoms with Crippen LogP contribution >= 0.6 is 0 Å². The van der Waals surface area contributed by atoms with Gasteiger partial charge in [0.2, 0.25) is 5.69 Å². The highest BCUT2D eigenvalue weighted by Crippen LogP contribution is 2.44. The molecule has 0 saturated heterocycles. The molecule has 0 amide bonds. The Balaban J connectivity index is 1.33. The molecule has 3 heterocycles. The molecular formula is C47H29N5. The fourth-order valence-corrected chi connectivity index (χ4v) is 7.66. The van der Waals surface area contributed by atoms with Crippen molar-refractivity contribution >= 4 is 49.3 Å². The lowest BCUT2D eigenvalue weighted by atomic mass is 10.0. The predicted molar refractivity (Wildman–Crippen MR) is 213 cm³/mol. The van der Waals surface area contributed by atoms with Crippen LogP contribution in [0.1, 0.15) is 0 Å². The van der Waals surface area contributed by atoms with Crippen molar-refractivity contribution in [3.8, 4) is 45.3 Å². The van der Waals surface area contributed by atoms with E-state index in [2.05, 4.69) is 129 Å². The van der Waals surface area contributed by atoms with E-state index in [0.717, 1.165) is 60.9 Å². The Morgan fingerprint density at radius 1 is 0.404 bits per heavy atom. The van der Waals surface area contributed by atoms with Crippen LogP contribution in [0.3, 0.4) is 0 Å². The first kappa shape index (κ1) is 29.6. The Labute approximate surface area is 300 Å². The second kappa shape index (κ2) is 11.9. The minimum absolute atomic E-state index is 0.430. The summed E-state index contributed by atoms with van der Waals surface area (Å²) in [7, 11) is 0. The highest BCUT2D eigenvalue weighted by atomic mass is 15.0. The summed E-state index contributed by atoms with van der Waals surface area (Å²) in [6.07, 6.45) is 0. The number of fused-ring (bicyclic) bond motifs is 7. The first-order chi connectivity index (χ1) is 25.8. The smallest absolute Gasteiger partial charge is 0.238 e. The van der Waals surface area contributed by atoms with Crippen molar-refractivity contribution in [1.82, 2.24) is 19.1 Å². The second-order valence-electron chi connectivity index (χ2n) is 12.9. The van der Waals surface area contributed by atoms with E-state index >= 15 is 0 Å². The average molecular weight is 664 g/mol. The van der Waals surface area contributed by atoms with E-state index in [9.17, 15) is 0 Å². The van der Waals surface area contributed by atoms with Gasteiger partial charge in [-0.05, 0) is 47.5 Å². The molecule has 0 N–H and O–H groups in total. The van der Waals surface area contributed by atoms with Crippen LogP contribution in [0.25, 0.3) is 93.7 Å². The van der Waals surface area contributed by atoms with Crippen LogP contribution in [0.5, 0.6) is 0 Å². The predicted octanol–water partition coefficient (Wildman–Crippen LogP) is 12.2. The molecule has 0 aliphatic carbocycles. The van der Waals surface area contributed by atoms with Crippen molar-refractivity contribution in [3.63, 3.8) is 0 Å². The maximum absolute atomic E-state index is 8.41. The monoisotopic (exact) mass is 663 g/mol. The summed E-state index contributed by atoms with van der Waals surface area (Å²) in [5.74, 6) is 0.583. The van der Waals surface area contributed by atoms with E-state index in [1.165, 1.54) is 10.8 Å². The summed E-state index contributed by atoms with van der Waals surface area (Å²) in [5, 5.41) is 4.68. The van der Waals surface area contributed by atoms with Crippen LogP contribution in [0.4, 0.5) is 5.69 Å².